The van der Waals surface area contributed by atoms with Crippen LogP contribution in [0, 0.1) is 13.8 Å². The van der Waals surface area contributed by atoms with E-state index in [-0.39, 0.29) is 18.3 Å². The molecule has 1 amide bonds. The summed E-state index contributed by atoms with van der Waals surface area (Å²) >= 11 is 0. The quantitative estimate of drug-likeness (QED) is 0.658. The first-order valence-electron chi connectivity index (χ1n) is 8.95. The average Bonchev–Trinajstić information content (AvgIpc) is 3.34. The highest BCUT2D eigenvalue weighted by molar-refractivity contribution is 5.94. The van der Waals surface area contributed by atoms with Gasteiger partial charge in [-0.1, -0.05) is 6.92 Å². The van der Waals surface area contributed by atoms with E-state index in [0.717, 1.165) is 23.2 Å². The Hall–Kier alpha value is -2.87. The number of nitrogens with zero attached hydrogens (tertiary/aromatic N) is 3. The van der Waals surface area contributed by atoms with E-state index in [2.05, 4.69) is 15.2 Å². The molecular weight excluding hydrogens is 348 g/mol. The molecule has 2 N–H and O–H groups in total. The van der Waals surface area contributed by atoms with Crippen molar-refractivity contribution < 1.29 is 18.7 Å². The Kier molecular flexibility index (Phi) is 5.46. The lowest BCUT2D eigenvalue weighted by Gasteiger charge is -2.20. The highest BCUT2D eigenvalue weighted by Crippen LogP contribution is 2.26. The van der Waals surface area contributed by atoms with Crippen LogP contribution in [0.3, 0.4) is 0 Å². The number of rotatable bonds is 7. The maximum absolute atomic E-state index is 13.1. The number of furan rings is 1. The summed E-state index contributed by atoms with van der Waals surface area (Å²) in [5.74, 6) is 0.934. The van der Waals surface area contributed by atoms with Crippen molar-refractivity contribution in [3.05, 3.63) is 46.8 Å². The molecule has 0 radical (unpaired) electrons. The molecule has 0 fully saturated rings. The molecule has 0 saturated carbocycles. The second-order valence-electron chi connectivity index (χ2n) is 6.54. The molecule has 0 aliphatic heterocycles. The molecule has 27 heavy (non-hydrogen) atoms. The zero-order valence-electron chi connectivity index (χ0n) is 15.9. The molecule has 3 aromatic heterocycles. The van der Waals surface area contributed by atoms with E-state index >= 15 is 0 Å². The van der Waals surface area contributed by atoms with Gasteiger partial charge in [-0.15, -0.1) is 10.2 Å². The van der Waals surface area contributed by atoms with Crippen molar-refractivity contribution in [2.45, 2.75) is 46.8 Å². The van der Waals surface area contributed by atoms with Gasteiger partial charge >= 0.3 is 0 Å². The Balaban J connectivity index is 1.83. The van der Waals surface area contributed by atoms with E-state index < -0.39 is 6.10 Å². The zero-order chi connectivity index (χ0) is 19.6. The van der Waals surface area contributed by atoms with Crippen LogP contribution >= 0.6 is 0 Å². The number of carbonyl (C=O) groups is 1. The molecule has 0 spiro atoms. The van der Waals surface area contributed by atoms with Crippen LogP contribution in [-0.4, -0.2) is 37.6 Å². The lowest BCUT2D eigenvalue weighted by atomic mass is 10.1. The minimum atomic E-state index is -0.644. The first-order valence-corrected chi connectivity index (χ1v) is 8.95. The Bertz CT molecular complexity index is 908. The van der Waals surface area contributed by atoms with Crippen LogP contribution in [0.15, 0.2) is 27.2 Å². The van der Waals surface area contributed by atoms with Gasteiger partial charge in [-0.25, -0.2) is 0 Å². The second kappa shape index (κ2) is 7.79. The highest BCUT2D eigenvalue weighted by atomic mass is 16.4. The molecule has 3 rings (SSSR count). The number of aliphatic hydroxyl groups excluding tert-OH is 1. The molecule has 0 aliphatic carbocycles. The number of hydrogen-bond donors (Lipinski definition) is 2. The Morgan fingerprint density at radius 3 is 2.74 bits per heavy atom. The first-order chi connectivity index (χ1) is 12.9. The maximum Gasteiger partial charge on any atom is 0.283 e. The summed E-state index contributed by atoms with van der Waals surface area (Å²) in [5.41, 5.74) is 2.78. The SMILES string of the molecule is CCCN(Cc1nnc(-c2ccco2)o1)C(=O)c1[nH]c(C)c([C@H](C)O)c1C. The molecule has 0 unspecified atom stereocenters. The van der Waals surface area contributed by atoms with Gasteiger partial charge in [0.05, 0.1) is 18.9 Å². The van der Waals surface area contributed by atoms with E-state index in [1.807, 2.05) is 20.8 Å². The van der Waals surface area contributed by atoms with Crippen molar-refractivity contribution in [2.75, 3.05) is 6.54 Å². The van der Waals surface area contributed by atoms with Gasteiger partial charge in [0.2, 0.25) is 5.89 Å². The largest absolute Gasteiger partial charge is 0.459 e. The van der Waals surface area contributed by atoms with Gasteiger partial charge < -0.3 is 23.8 Å². The van der Waals surface area contributed by atoms with E-state index in [9.17, 15) is 9.90 Å². The number of H-pyrrole nitrogens is 1. The topological polar surface area (TPSA) is 108 Å². The molecule has 1 atom stereocenters. The predicted molar refractivity (Wildman–Crippen MR) is 97.9 cm³/mol. The van der Waals surface area contributed by atoms with Gasteiger partial charge in [0.15, 0.2) is 5.76 Å². The van der Waals surface area contributed by atoms with E-state index in [4.69, 9.17) is 8.83 Å². The monoisotopic (exact) mass is 372 g/mol. The Morgan fingerprint density at radius 1 is 1.37 bits per heavy atom. The Morgan fingerprint density at radius 2 is 2.15 bits per heavy atom. The molecule has 3 heterocycles. The average molecular weight is 372 g/mol. The van der Waals surface area contributed by atoms with Crippen molar-refractivity contribution in [3.63, 3.8) is 0 Å². The van der Waals surface area contributed by atoms with Gasteiger partial charge in [-0.2, -0.15) is 0 Å². The molecule has 144 valence electrons. The summed E-state index contributed by atoms with van der Waals surface area (Å²) in [4.78, 5) is 17.9. The van der Waals surface area contributed by atoms with Crippen molar-refractivity contribution in [1.82, 2.24) is 20.1 Å². The van der Waals surface area contributed by atoms with Crippen molar-refractivity contribution in [3.8, 4) is 11.7 Å². The van der Waals surface area contributed by atoms with Crippen molar-refractivity contribution in [1.29, 1.82) is 0 Å². The maximum atomic E-state index is 13.1. The minimum absolute atomic E-state index is 0.165. The van der Waals surface area contributed by atoms with E-state index in [1.54, 1.807) is 24.0 Å². The van der Waals surface area contributed by atoms with Crippen LogP contribution in [0.1, 0.15) is 59.6 Å². The molecule has 0 saturated heterocycles. The third-order valence-corrected chi connectivity index (χ3v) is 4.43. The van der Waals surface area contributed by atoms with Crippen LogP contribution in [-0.2, 0) is 6.54 Å². The lowest BCUT2D eigenvalue weighted by Crippen LogP contribution is -2.32. The second-order valence-corrected chi connectivity index (χ2v) is 6.54. The fourth-order valence-electron chi connectivity index (χ4n) is 3.27. The Labute approximate surface area is 157 Å². The normalized spacial score (nSPS) is 12.3. The third-order valence-electron chi connectivity index (χ3n) is 4.43. The van der Waals surface area contributed by atoms with E-state index in [0.29, 0.717) is 23.9 Å². The summed E-state index contributed by atoms with van der Waals surface area (Å²) in [6.07, 6.45) is 1.67. The fraction of sp³-hybridized carbons (Fsp3) is 0.421. The third kappa shape index (κ3) is 3.80. The number of aromatic amines is 1. The molecule has 0 aliphatic rings. The standard InChI is InChI=1S/C19H24N4O4/c1-5-8-23(10-15-21-22-18(27-15)14-7-6-9-26-14)19(25)17-11(2)16(13(4)24)12(3)20-17/h6-7,9,13,20,24H,5,8,10H2,1-4H3/t13-/m0/s1. The summed E-state index contributed by atoms with van der Waals surface area (Å²) in [6, 6.07) is 3.47. The number of aromatic nitrogens is 3. The van der Waals surface area contributed by atoms with Gasteiger partial charge in [0, 0.05) is 17.8 Å². The summed E-state index contributed by atoms with van der Waals surface area (Å²) in [7, 11) is 0. The molecule has 3 aromatic rings. The molecule has 8 nitrogen and oxygen atoms in total. The van der Waals surface area contributed by atoms with Gasteiger partial charge in [-0.3, -0.25) is 4.79 Å². The molecule has 0 bridgehead atoms. The van der Waals surface area contributed by atoms with E-state index in [1.165, 1.54) is 6.26 Å². The number of nitrogens with one attached hydrogen (secondary N) is 1. The zero-order valence-corrected chi connectivity index (χ0v) is 15.9. The number of aryl methyl sites for hydroxylation is 1. The van der Waals surface area contributed by atoms with Crippen LogP contribution in [0.4, 0.5) is 0 Å². The fourth-order valence-corrected chi connectivity index (χ4v) is 3.27. The van der Waals surface area contributed by atoms with Crippen LogP contribution in [0.25, 0.3) is 11.7 Å². The highest BCUT2D eigenvalue weighted by Gasteiger charge is 2.25. The van der Waals surface area contributed by atoms with Crippen molar-refractivity contribution in [2.24, 2.45) is 0 Å². The number of carbonyl (C=O) groups excluding carboxylic acids is 1. The van der Waals surface area contributed by atoms with Gasteiger partial charge in [0.1, 0.15) is 5.69 Å². The number of aliphatic hydroxyl groups is 1. The summed E-state index contributed by atoms with van der Waals surface area (Å²) in [6.45, 7) is 8.11. The van der Waals surface area contributed by atoms with Crippen molar-refractivity contribution >= 4 is 5.91 Å². The van der Waals surface area contributed by atoms with Gasteiger partial charge in [0.25, 0.3) is 11.8 Å². The lowest BCUT2D eigenvalue weighted by molar-refractivity contribution is 0.0722. The van der Waals surface area contributed by atoms with Gasteiger partial charge in [-0.05, 0) is 44.9 Å². The van der Waals surface area contributed by atoms with Crippen LogP contribution in [0.2, 0.25) is 0 Å². The molecule has 0 aromatic carbocycles. The summed E-state index contributed by atoms with van der Waals surface area (Å²) < 4.78 is 10.9. The van der Waals surface area contributed by atoms with Crippen LogP contribution in [0.5, 0.6) is 0 Å². The first kappa shape index (κ1) is 18.9. The summed E-state index contributed by atoms with van der Waals surface area (Å²) in [5, 5.41) is 18.0. The number of hydrogen-bond acceptors (Lipinski definition) is 6. The molecule has 8 heteroatoms. The molecular formula is C19H24N4O4. The minimum Gasteiger partial charge on any atom is -0.459 e. The smallest absolute Gasteiger partial charge is 0.283 e. The van der Waals surface area contributed by atoms with Crippen LogP contribution < -0.4 is 0 Å². The predicted octanol–water partition coefficient (Wildman–Crippen LogP) is 3.38. The number of amides is 1.